The van der Waals surface area contributed by atoms with Crippen LogP contribution in [-0.4, -0.2) is 48.4 Å². The second-order valence-electron chi connectivity index (χ2n) is 2.95. The van der Waals surface area contributed by atoms with E-state index in [4.69, 9.17) is 0 Å². The largest absolute Gasteiger partial charge is 1.00 e. The predicted molar refractivity (Wildman–Crippen MR) is 40.2 cm³/mol. The minimum Gasteiger partial charge on any atom is -1.00 e. The van der Waals surface area contributed by atoms with Crippen LogP contribution in [0.25, 0.3) is 0 Å². The molecular formula is C6H15Cl2N4Ti. The topological polar surface area (TPSA) is 30.5 Å². The van der Waals surface area contributed by atoms with Gasteiger partial charge in [-0.05, 0) is 0 Å². The molecule has 2 N–H and O–H groups in total. The van der Waals surface area contributed by atoms with Crippen LogP contribution in [0.1, 0.15) is 0 Å². The van der Waals surface area contributed by atoms with E-state index in [2.05, 4.69) is 55.0 Å². The third-order valence-corrected chi connectivity index (χ3v) is 2.71. The van der Waals surface area contributed by atoms with Crippen LogP contribution in [0, 0.1) is 0 Å². The summed E-state index contributed by atoms with van der Waals surface area (Å²) in [4.78, 5) is 4.53. The Labute approximate surface area is 104 Å². The molecule has 1 aliphatic heterocycles. The number of halogens is 2. The van der Waals surface area contributed by atoms with Crippen LogP contribution in [-0.2, 0) is 20.4 Å². The maximum Gasteiger partial charge on any atom is -1.00 e. The normalized spacial score (nSPS) is 26.6. The SMILES string of the molecule is CN1CNCN[CH]([Ti+2])N(C)C1.[Cl-].[Cl-]. The molecule has 0 aromatic heterocycles. The molecule has 0 bridgehead atoms. The Hall–Kier alpha value is 1.13. The van der Waals surface area contributed by atoms with Crippen molar-refractivity contribution in [2.75, 3.05) is 34.1 Å². The molecule has 0 radical (unpaired) electrons. The zero-order valence-corrected chi connectivity index (χ0v) is 10.9. The molecule has 1 aliphatic rings. The second-order valence-corrected chi connectivity index (χ2v) is 3.80. The average Bonchev–Trinajstić information content (AvgIpc) is 1.95. The molecule has 4 nitrogen and oxygen atoms in total. The van der Waals surface area contributed by atoms with Crippen molar-refractivity contribution in [2.45, 2.75) is 4.47 Å². The fourth-order valence-corrected chi connectivity index (χ4v) is 1.37. The third kappa shape index (κ3) is 6.26. The summed E-state index contributed by atoms with van der Waals surface area (Å²) in [7, 11) is 4.24. The fraction of sp³-hybridized carbons (Fsp3) is 1.00. The van der Waals surface area contributed by atoms with Gasteiger partial charge in [-0.15, -0.1) is 0 Å². The third-order valence-electron chi connectivity index (χ3n) is 1.71. The summed E-state index contributed by atoms with van der Waals surface area (Å²) in [5, 5.41) is 6.62. The predicted octanol–water partition coefficient (Wildman–Crippen LogP) is -7.25. The van der Waals surface area contributed by atoms with E-state index in [1.807, 2.05) is 0 Å². The summed E-state index contributed by atoms with van der Waals surface area (Å²) in [5.74, 6) is 0. The fourth-order valence-electron chi connectivity index (χ4n) is 1.08. The van der Waals surface area contributed by atoms with Crippen LogP contribution in [0.15, 0.2) is 0 Å². The molecule has 1 saturated heterocycles. The Balaban J connectivity index is 0. The van der Waals surface area contributed by atoms with E-state index >= 15 is 0 Å². The van der Waals surface area contributed by atoms with Gasteiger partial charge in [-0.3, -0.25) is 0 Å². The number of hydrogen-bond acceptors (Lipinski definition) is 4. The Morgan fingerprint density at radius 3 is 2.54 bits per heavy atom. The number of nitrogens with one attached hydrogen (secondary N) is 2. The monoisotopic (exact) mass is 261 g/mol. The van der Waals surface area contributed by atoms with Gasteiger partial charge in [-0.2, -0.15) is 0 Å². The van der Waals surface area contributed by atoms with Crippen molar-refractivity contribution >= 4 is 0 Å². The summed E-state index contributed by atoms with van der Waals surface area (Å²) >= 11 is 2.17. The smallest absolute Gasteiger partial charge is 1.00 e. The molecular weight excluding hydrogens is 247 g/mol. The first kappa shape index (κ1) is 16.6. The maximum absolute atomic E-state index is 3.34. The van der Waals surface area contributed by atoms with Gasteiger partial charge in [0.15, 0.2) is 0 Å². The first-order valence-electron chi connectivity index (χ1n) is 3.74. The van der Waals surface area contributed by atoms with Crippen molar-refractivity contribution in [3.8, 4) is 0 Å². The van der Waals surface area contributed by atoms with Crippen molar-refractivity contribution in [3.05, 3.63) is 0 Å². The molecule has 13 heavy (non-hydrogen) atoms. The van der Waals surface area contributed by atoms with Crippen molar-refractivity contribution in [3.63, 3.8) is 0 Å². The summed E-state index contributed by atoms with van der Waals surface area (Å²) in [6, 6.07) is 0. The molecule has 1 atom stereocenters. The van der Waals surface area contributed by atoms with E-state index in [0.29, 0.717) is 4.47 Å². The molecule has 0 amide bonds. The summed E-state index contributed by atoms with van der Waals surface area (Å²) in [6.07, 6.45) is 0. The zero-order valence-electron chi connectivity index (χ0n) is 7.85. The molecule has 1 fully saturated rings. The van der Waals surface area contributed by atoms with Gasteiger partial charge in [-0.1, -0.05) is 0 Å². The van der Waals surface area contributed by atoms with Crippen LogP contribution in [0.4, 0.5) is 0 Å². The second kappa shape index (κ2) is 8.44. The first-order valence-corrected chi connectivity index (χ1v) is 4.64. The van der Waals surface area contributed by atoms with Gasteiger partial charge in [0.25, 0.3) is 0 Å². The molecule has 0 spiro atoms. The zero-order chi connectivity index (χ0) is 8.27. The number of rotatable bonds is 0. The number of nitrogens with zero attached hydrogens (tertiary/aromatic N) is 2. The summed E-state index contributed by atoms with van der Waals surface area (Å²) < 4.78 is 0.449. The van der Waals surface area contributed by atoms with Gasteiger partial charge in [0.1, 0.15) is 0 Å². The van der Waals surface area contributed by atoms with Crippen LogP contribution >= 0.6 is 0 Å². The summed E-state index contributed by atoms with van der Waals surface area (Å²) in [6.45, 7) is 2.83. The van der Waals surface area contributed by atoms with E-state index in [1.54, 1.807) is 0 Å². The molecule has 0 aromatic rings. The molecule has 77 valence electrons. The van der Waals surface area contributed by atoms with Crippen LogP contribution in [0.3, 0.4) is 0 Å². The molecule has 1 unspecified atom stereocenters. The standard InChI is InChI=1S/C6H15N4.2ClH.Ti/c1-9-4-7-3-8-5-10(2)6-9;;;/h4,7-8H,3,5-6H2,1-2H3;2*1H;/q;;;+2/p-2. The Morgan fingerprint density at radius 2 is 1.92 bits per heavy atom. The van der Waals surface area contributed by atoms with Crippen molar-refractivity contribution in [1.82, 2.24) is 20.4 Å². The Morgan fingerprint density at radius 1 is 1.31 bits per heavy atom. The van der Waals surface area contributed by atoms with Gasteiger partial charge in [0, 0.05) is 0 Å². The van der Waals surface area contributed by atoms with Gasteiger partial charge in [0.05, 0.1) is 0 Å². The van der Waals surface area contributed by atoms with Crippen LogP contribution in [0.5, 0.6) is 0 Å². The van der Waals surface area contributed by atoms with Crippen molar-refractivity contribution in [1.29, 1.82) is 0 Å². The van der Waals surface area contributed by atoms with Crippen LogP contribution in [0.2, 0.25) is 0 Å². The van der Waals surface area contributed by atoms with E-state index < -0.39 is 0 Å². The summed E-state index contributed by atoms with van der Waals surface area (Å²) in [5.41, 5.74) is 0. The van der Waals surface area contributed by atoms with Crippen molar-refractivity contribution < 1.29 is 45.2 Å². The van der Waals surface area contributed by atoms with E-state index in [1.165, 1.54) is 0 Å². The van der Waals surface area contributed by atoms with Gasteiger partial charge in [-0.25, -0.2) is 0 Å². The van der Waals surface area contributed by atoms with E-state index in [9.17, 15) is 0 Å². The molecule has 1 rings (SSSR count). The maximum atomic E-state index is 3.34. The van der Waals surface area contributed by atoms with Crippen molar-refractivity contribution in [2.24, 2.45) is 0 Å². The minimum atomic E-state index is 0. The molecule has 0 aromatic carbocycles. The average molecular weight is 262 g/mol. The van der Waals surface area contributed by atoms with E-state index in [-0.39, 0.29) is 24.8 Å². The molecule has 0 saturated carbocycles. The van der Waals surface area contributed by atoms with Crippen LogP contribution < -0.4 is 35.4 Å². The molecule has 0 aliphatic carbocycles. The van der Waals surface area contributed by atoms with E-state index in [0.717, 1.165) is 20.0 Å². The number of hydrogen-bond donors (Lipinski definition) is 2. The first-order chi connectivity index (χ1) is 5.20. The Kier molecular flexibility index (Phi) is 10.8. The van der Waals surface area contributed by atoms with Gasteiger partial charge >= 0.3 is 79.4 Å². The molecule has 1 heterocycles. The minimum absolute atomic E-state index is 0. The van der Waals surface area contributed by atoms with Gasteiger partial charge < -0.3 is 24.8 Å². The Bertz CT molecular complexity index is 129. The van der Waals surface area contributed by atoms with Gasteiger partial charge in [0.2, 0.25) is 0 Å². The molecule has 7 heteroatoms. The quantitative estimate of drug-likeness (QED) is 0.425.